The third-order valence-electron chi connectivity index (χ3n) is 3.95. The number of amides is 1. The fraction of sp³-hybridized carbons (Fsp3) is 0.778. The van der Waals surface area contributed by atoms with Gasteiger partial charge < -0.3 is 10.0 Å². The maximum atomic E-state index is 12.0. The summed E-state index contributed by atoms with van der Waals surface area (Å²) >= 11 is 0. The number of allylic oxidation sites excluding steroid dienone is 2. The zero-order chi connectivity index (χ0) is 16.8. The number of unbranched alkanes of at least 4 members (excludes halogenated alkanes) is 5. The van der Waals surface area contributed by atoms with Crippen molar-refractivity contribution in [3.8, 4) is 0 Å². The molecule has 1 amide bonds. The molecular formula is C18H33NO3. The lowest BCUT2D eigenvalue weighted by Crippen LogP contribution is -2.33. The molecule has 128 valence electrons. The minimum atomic E-state index is -0.881. The van der Waals surface area contributed by atoms with Crippen molar-refractivity contribution in [3.63, 3.8) is 0 Å². The van der Waals surface area contributed by atoms with Crippen molar-refractivity contribution in [1.29, 1.82) is 0 Å². The zero-order valence-corrected chi connectivity index (χ0v) is 14.5. The van der Waals surface area contributed by atoms with Gasteiger partial charge in [0.2, 0.25) is 5.91 Å². The molecule has 1 atom stereocenters. The van der Waals surface area contributed by atoms with Crippen LogP contribution in [0.2, 0.25) is 0 Å². The summed E-state index contributed by atoms with van der Waals surface area (Å²) in [5, 5.41) is 9.24. The third kappa shape index (κ3) is 9.59. The third-order valence-corrected chi connectivity index (χ3v) is 3.95. The first kappa shape index (κ1) is 20.7. The van der Waals surface area contributed by atoms with Crippen LogP contribution >= 0.6 is 0 Å². The minimum Gasteiger partial charge on any atom is -0.481 e. The maximum Gasteiger partial charge on any atom is 0.307 e. The average molecular weight is 311 g/mol. The van der Waals surface area contributed by atoms with E-state index in [1.54, 1.807) is 4.90 Å². The molecule has 0 radical (unpaired) electrons. The van der Waals surface area contributed by atoms with E-state index in [1.807, 2.05) is 19.9 Å². The highest BCUT2D eigenvalue weighted by molar-refractivity contribution is 5.82. The predicted molar refractivity (Wildman–Crippen MR) is 90.8 cm³/mol. The van der Waals surface area contributed by atoms with Crippen LogP contribution in [0.1, 0.15) is 72.1 Å². The number of hydrogen-bond donors (Lipinski definition) is 1. The van der Waals surface area contributed by atoms with Gasteiger partial charge in [-0.05, 0) is 33.1 Å². The molecular weight excluding hydrogens is 278 g/mol. The Labute approximate surface area is 135 Å². The van der Waals surface area contributed by atoms with E-state index in [0.29, 0.717) is 19.5 Å². The monoisotopic (exact) mass is 311 g/mol. The van der Waals surface area contributed by atoms with E-state index in [-0.39, 0.29) is 12.3 Å². The predicted octanol–water partition coefficient (Wildman–Crippen LogP) is 4.25. The fourth-order valence-corrected chi connectivity index (χ4v) is 2.43. The first-order valence-electron chi connectivity index (χ1n) is 8.72. The van der Waals surface area contributed by atoms with Gasteiger partial charge in [0.05, 0.1) is 5.92 Å². The average Bonchev–Trinajstić information content (AvgIpc) is 2.49. The van der Waals surface area contributed by atoms with Crippen LogP contribution in [-0.2, 0) is 9.59 Å². The second kappa shape index (κ2) is 13.4. The van der Waals surface area contributed by atoms with Crippen LogP contribution in [0, 0.1) is 5.92 Å². The molecule has 0 aromatic carbocycles. The van der Waals surface area contributed by atoms with Gasteiger partial charge in [-0.2, -0.15) is 0 Å². The van der Waals surface area contributed by atoms with Crippen molar-refractivity contribution >= 4 is 11.9 Å². The van der Waals surface area contributed by atoms with Gasteiger partial charge in [0.15, 0.2) is 0 Å². The Balaban J connectivity index is 4.09. The Morgan fingerprint density at radius 2 is 1.64 bits per heavy atom. The second-order valence-electron chi connectivity index (χ2n) is 5.72. The lowest BCUT2D eigenvalue weighted by molar-refractivity contribution is -0.145. The summed E-state index contributed by atoms with van der Waals surface area (Å²) in [7, 11) is 0. The lowest BCUT2D eigenvalue weighted by atomic mass is 10.00. The molecule has 0 heterocycles. The van der Waals surface area contributed by atoms with Crippen molar-refractivity contribution in [2.75, 3.05) is 13.1 Å². The van der Waals surface area contributed by atoms with E-state index in [9.17, 15) is 14.7 Å². The molecule has 0 fully saturated rings. The number of nitrogens with zero attached hydrogens (tertiary/aromatic N) is 1. The zero-order valence-electron chi connectivity index (χ0n) is 14.5. The van der Waals surface area contributed by atoms with Gasteiger partial charge in [-0.25, -0.2) is 0 Å². The van der Waals surface area contributed by atoms with Crippen LogP contribution in [-0.4, -0.2) is 35.0 Å². The second-order valence-corrected chi connectivity index (χ2v) is 5.72. The van der Waals surface area contributed by atoms with Gasteiger partial charge in [-0.3, -0.25) is 9.59 Å². The number of carboxylic acid groups (broad SMARTS) is 1. The largest absolute Gasteiger partial charge is 0.481 e. The molecule has 1 unspecified atom stereocenters. The Hall–Kier alpha value is -1.32. The summed E-state index contributed by atoms with van der Waals surface area (Å²) in [5.41, 5.74) is 0. The Bertz CT molecular complexity index is 335. The highest BCUT2D eigenvalue weighted by Crippen LogP contribution is 2.13. The van der Waals surface area contributed by atoms with Gasteiger partial charge in [-0.15, -0.1) is 0 Å². The Morgan fingerprint density at radius 3 is 2.18 bits per heavy atom. The maximum absolute atomic E-state index is 12.0. The highest BCUT2D eigenvalue weighted by atomic mass is 16.4. The first-order valence-corrected chi connectivity index (χ1v) is 8.72. The van der Waals surface area contributed by atoms with Crippen molar-refractivity contribution in [1.82, 2.24) is 4.90 Å². The van der Waals surface area contributed by atoms with Crippen molar-refractivity contribution in [2.24, 2.45) is 5.92 Å². The van der Waals surface area contributed by atoms with E-state index >= 15 is 0 Å². The molecule has 0 aliphatic heterocycles. The molecule has 0 aliphatic rings. The summed E-state index contributed by atoms with van der Waals surface area (Å²) in [4.78, 5) is 24.9. The molecule has 0 aromatic rings. The van der Waals surface area contributed by atoms with Gasteiger partial charge in [-0.1, -0.05) is 44.8 Å². The van der Waals surface area contributed by atoms with Crippen molar-refractivity contribution < 1.29 is 14.7 Å². The van der Waals surface area contributed by atoms with E-state index in [0.717, 1.165) is 12.8 Å². The molecule has 0 bridgehead atoms. The lowest BCUT2D eigenvalue weighted by Gasteiger charge is -2.20. The molecule has 0 saturated heterocycles. The normalized spacial score (nSPS) is 12.5. The Morgan fingerprint density at radius 1 is 1.00 bits per heavy atom. The van der Waals surface area contributed by atoms with Gasteiger partial charge >= 0.3 is 5.97 Å². The molecule has 1 N–H and O–H groups in total. The fourth-order valence-electron chi connectivity index (χ4n) is 2.43. The van der Waals surface area contributed by atoms with E-state index in [1.165, 1.54) is 25.7 Å². The SMILES string of the molecule is CCCCCCC/C=C/CC(CC(=O)N(CC)CC)C(=O)O. The van der Waals surface area contributed by atoms with Crippen LogP contribution in [0.15, 0.2) is 12.2 Å². The number of aliphatic carboxylic acids is 1. The van der Waals surface area contributed by atoms with Crippen molar-refractivity contribution in [3.05, 3.63) is 12.2 Å². The minimum absolute atomic E-state index is 0.0645. The summed E-state index contributed by atoms with van der Waals surface area (Å²) in [6.07, 6.45) is 11.7. The number of carboxylic acids is 1. The van der Waals surface area contributed by atoms with E-state index in [2.05, 4.69) is 13.0 Å². The number of rotatable bonds is 13. The molecule has 0 rings (SSSR count). The molecule has 22 heavy (non-hydrogen) atoms. The van der Waals surface area contributed by atoms with Crippen LogP contribution in [0.3, 0.4) is 0 Å². The quantitative estimate of drug-likeness (QED) is 0.408. The molecule has 0 aromatic heterocycles. The molecule has 4 nitrogen and oxygen atoms in total. The summed E-state index contributed by atoms with van der Waals surface area (Å²) in [6.45, 7) is 7.29. The van der Waals surface area contributed by atoms with Crippen molar-refractivity contribution in [2.45, 2.75) is 72.1 Å². The summed E-state index contributed by atoms with van der Waals surface area (Å²) in [6, 6.07) is 0. The van der Waals surface area contributed by atoms with Crippen LogP contribution in [0.25, 0.3) is 0 Å². The Kier molecular flexibility index (Phi) is 12.5. The van der Waals surface area contributed by atoms with Crippen LogP contribution in [0.5, 0.6) is 0 Å². The molecule has 0 spiro atoms. The number of hydrogen-bond acceptors (Lipinski definition) is 2. The van der Waals surface area contributed by atoms with Gasteiger partial charge in [0.25, 0.3) is 0 Å². The highest BCUT2D eigenvalue weighted by Gasteiger charge is 2.22. The van der Waals surface area contributed by atoms with Crippen LogP contribution < -0.4 is 0 Å². The number of carbonyl (C=O) groups excluding carboxylic acids is 1. The topological polar surface area (TPSA) is 57.6 Å². The summed E-state index contributed by atoms with van der Waals surface area (Å²) in [5.74, 6) is -1.55. The van der Waals surface area contributed by atoms with Crippen LogP contribution in [0.4, 0.5) is 0 Å². The molecule has 0 saturated carbocycles. The molecule has 4 heteroatoms. The summed E-state index contributed by atoms with van der Waals surface area (Å²) < 4.78 is 0. The molecule has 0 aliphatic carbocycles. The van der Waals surface area contributed by atoms with Gasteiger partial charge in [0.1, 0.15) is 0 Å². The van der Waals surface area contributed by atoms with E-state index < -0.39 is 11.9 Å². The van der Waals surface area contributed by atoms with Gasteiger partial charge in [0, 0.05) is 19.5 Å². The van der Waals surface area contributed by atoms with E-state index in [4.69, 9.17) is 0 Å². The smallest absolute Gasteiger partial charge is 0.307 e. The standard InChI is InChI=1S/C18H33NO3/c1-4-7-8-9-10-11-12-13-14-16(18(21)22)15-17(20)19(5-2)6-3/h12-13,16H,4-11,14-15H2,1-3H3,(H,21,22)/b13-12+. The first-order chi connectivity index (χ1) is 10.6. The number of carbonyl (C=O) groups is 2.